The SMILES string of the molecule is CN=C(NCc1ccc(S(C)(=O)=O)cc1)NCC(CO)c1ccccc1. The van der Waals surface area contributed by atoms with Gasteiger partial charge in [0.15, 0.2) is 15.8 Å². The van der Waals surface area contributed by atoms with Gasteiger partial charge in [0.2, 0.25) is 0 Å². The van der Waals surface area contributed by atoms with E-state index in [4.69, 9.17) is 0 Å². The average Bonchev–Trinajstić information content (AvgIpc) is 2.65. The fourth-order valence-electron chi connectivity index (χ4n) is 2.49. The molecule has 0 saturated carbocycles. The van der Waals surface area contributed by atoms with Gasteiger partial charge in [-0.2, -0.15) is 0 Å². The maximum Gasteiger partial charge on any atom is 0.191 e. The van der Waals surface area contributed by atoms with E-state index in [0.717, 1.165) is 11.1 Å². The van der Waals surface area contributed by atoms with E-state index in [-0.39, 0.29) is 12.5 Å². The maximum absolute atomic E-state index is 11.5. The molecule has 7 heteroatoms. The Kier molecular flexibility index (Phi) is 7.17. The second-order valence-corrected chi connectivity index (χ2v) is 8.03. The lowest BCUT2D eigenvalue weighted by atomic mass is 10.0. The molecular weight excluding hydrogens is 350 g/mol. The van der Waals surface area contributed by atoms with Crippen molar-refractivity contribution in [3.63, 3.8) is 0 Å². The van der Waals surface area contributed by atoms with Crippen molar-refractivity contribution in [2.24, 2.45) is 4.99 Å². The van der Waals surface area contributed by atoms with Gasteiger partial charge in [-0.25, -0.2) is 8.42 Å². The van der Waals surface area contributed by atoms with Gasteiger partial charge < -0.3 is 15.7 Å². The molecule has 0 aliphatic carbocycles. The minimum atomic E-state index is -3.18. The molecule has 0 aliphatic rings. The zero-order valence-corrected chi connectivity index (χ0v) is 15.8. The topological polar surface area (TPSA) is 90.8 Å². The third kappa shape index (κ3) is 5.86. The summed E-state index contributed by atoms with van der Waals surface area (Å²) in [5, 5.41) is 16.0. The number of nitrogens with one attached hydrogen (secondary N) is 2. The molecule has 140 valence electrons. The standard InChI is InChI=1S/C19H25N3O3S/c1-20-19(22-13-17(14-23)16-6-4-3-5-7-16)21-12-15-8-10-18(11-9-15)26(2,24)25/h3-11,17,23H,12-14H2,1-2H3,(H2,20,21,22). The van der Waals surface area contributed by atoms with Gasteiger partial charge in [0.05, 0.1) is 11.5 Å². The van der Waals surface area contributed by atoms with Crippen molar-refractivity contribution in [3.8, 4) is 0 Å². The van der Waals surface area contributed by atoms with Crippen LogP contribution in [-0.2, 0) is 16.4 Å². The first kappa shape index (κ1) is 19.9. The number of hydrogen-bond acceptors (Lipinski definition) is 4. The van der Waals surface area contributed by atoms with Crippen molar-refractivity contribution in [2.45, 2.75) is 17.4 Å². The van der Waals surface area contributed by atoms with Crippen molar-refractivity contribution in [1.82, 2.24) is 10.6 Å². The number of aliphatic imine (C=N–C) groups is 1. The first-order valence-electron chi connectivity index (χ1n) is 8.33. The molecule has 0 aromatic heterocycles. The Balaban J connectivity index is 1.89. The quantitative estimate of drug-likeness (QED) is 0.504. The van der Waals surface area contributed by atoms with E-state index < -0.39 is 9.84 Å². The number of guanidine groups is 1. The highest BCUT2D eigenvalue weighted by Crippen LogP contribution is 2.13. The first-order chi connectivity index (χ1) is 12.4. The normalized spacial score (nSPS) is 13.3. The third-order valence-corrected chi connectivity index (χ3v) is 5.17. The van der Waals surface area contributed by atoms with Gasteiger partial charge in [0, 0.05) is 32.3 Å². The number of nitrogens with zero attached hydrogens (tertiary/aromatic N) is 1. The van der Waals surface area contributed by atoms with E-state index in [1.807, 2.05) is 30.3 Å². The van der Waals surface area contributed by atoms with Gasteiger partial charge in [-0.1, -0.05) is 42.5 Å². The summed E-state index contributed by atoms with van der Waals surface area (Å²) in [5.74, 6) is 0.593. The Labute approximate surface area is 154 Å². The fraction of sp³-hybridized carbons (Fsp3) is 0.316. The van der Waals surface area contributed by atoms with E-state index in [0.29, 0.717) is 23.9 Å². The van der Waals surface area contributed by atoms with Gasteiger partial charge in [-0.15, -0.1) is 0 Å². The second kappa shape index (κ2) is 9.35. The minimum Gasteiger partial charge on any atom is -0.396 e. The van der Waals surface area contributed by atoms with Crippen molar-refractivity contribution in [2.75, 3.05) is 26.5 Å². The van der Waals surface area contributed by atoms with Gasteiger partial charge in [0.1, 0.15) is 0 Å². The third-order valence-electron chi connectivity index (χ3n) is 4.04. The molecule has 0 fully saturated rings. The molecule has 3 N–H and O–H groups in total. The van der Waals surface area contributed by atoms with Crippen LogP contribution in [0.3, 0.4) is 0 Å². The maximum atomic E-state index is 11.5. The summed E-state index contributed by atoms with van der Waals surface area (Å²) in [7, 11) is -1.50. The van der Waals surface area contributed by atoms with Gasteiger partial charge in [-0.3, -0.25) is 4.99 Å². The lowest BCUT2D eigenvalue weighted by Gasteiger charge is -2.18. The lowest BCUT2D eigenvalue weighted by Crippen LogP contribution is -2.39. The second-order valence-electron chi connectivity index (χ2n) is 6.01. The number of aliphatic hydroxyl groups is 1. The summed E-state index contributed by atoms with van der Waals surface area (Å²) in [6.45, 7) is 1.10. The molecule has 2 rings (SSSR count). The number of benzene rings is 2. The molecule has 2 aromatic rings. The molecular formula is C19H25N3O3S. The Morgan fingerprint density at radius 3 is 2.27 bits per heavy atom. The van der Waals surface area contributed by atoms with Crippen LogP contribution in [0, 0.1) is 0 Å². The summed E-state index contributed by atoms with van der Waals surface area (Å²) in [6, 6.07) is 16.6. The van der Waals surface area contributed by atoms with Crippen molar-refractivity contribution in [1.29, 1.82) is 0 Å². The van der Waals surface area contributed by atoms with Crippen LogP contribution in [0.25, 0.3) is 0 Å². The first-order valence-corrected chi connectivity index (χ1v) is 10.2. The highest BCUT2D eigenvalue weighted by molar-refractivity contribution is 7.90. The molecule has 0 radical (unpaired) electrons. The minimum absolute atomic E-state index is 0.0243. The van der Waals surface area contributed by atoms with Crippen LogP contribution in [0.2, 0.25) is 0 Å². The predicted octanol–water partition coefficient (Wildman–Crippen LogP) is 1.53. The van der Waals surface area contributed by atoms with Crippen LogP contribution >= 0.6 is 0 Å². The van der Waals surface area contributed by atoms with E-state index in [9.17, 15) is 13.5 Å². The van der Waals surface area contributed by atoms with Crippen LogP contribution < -0.4 is 10.6 Å². The van der Waals surface area contributed by atoms with E-state index in [1.54, 1.807) is 31.3 Å². The zero-order chi connectivity index (χ0) is 19.0. The molecule has 26 heavy (non-hydrogen) atoms. The molecule has 6 nitrogen and oxygen atoms in total. The smallest absolute Gasteiger partial charge is 0.191 e. The molecule has 0 saturated heterocycles. The number of aliphatic hydroxyl groups excluding tert-OH is 1. The molecule has 1 unspecified atom stereocenters. The summed E-state index contributed by atoms with van der Waals surface area (Å²) in [6.07, 6.45) is 1.19. The highest BCUT2D eigenvalue weighted by Gasteiger charge is 2.11. The molecule has 0 bridgehead atoms. The fourth-order valence-corrected chi connectivity index (χ4v) is 3.12. The number of hydrogen-bond donors (Lipinski definition) is 3. The number of rotatable bonds is 7. The molecule has 1 atom stereocenters. The Bertz CT molecular complexity index is 819. The highest BCUT2D eigenvalue weighted by atomic mass is 32.2. The molecule has 0 amide bonds. The molecule has 0 aliphatic heterocycles. The van der Waals surface area contributed by atoms with Gasteiger partial charge in [-0.05, 0) is 23.3 Å². The Morgan fingerprint density at radius 1 is 1.08 bits per heavy atom. The van der Waals surface area contributed by atoms with Crippen LogP contribution in [0.4, 0.5) is 0 Å². The van der Waals surface area contributed by atoms with Gasteiger partial charge >= 0.3 is 0 Å². The molecule has 2 aromatic carbocycles. The zero-order valence-electron chi connectivity index (χ0n) is 15.0. The average molecular weight is 375 g/mol. The van der Waals surface area contributed by atoms with E-state index in [2.05, 4.69) is 15.6 Å². The van der Waals surface area contributed by atoms with E-state index in [1.165, 1.54) is 6.26 Å². The summed E-state index contributed by atoms with van der Waals surface area (Å²) >= 11 is 0. The summed E-state index contributed by atoms with van der Waals surface area (Å²) < 4.78 is 23.0. The van der Waals surface area contributed by atoms with Crippen LogP contribution in [0.15, 0.2) is 64.5 Å². The molecule has 0 heterocycles. The monoisotopic (exact) mass is 375 g/mol. The van der Waals surface area contributed by atoms with Crippen LogP contribution in [0.5, 0.6) is 0 Å². The summed E-state index contributed by atoms with van der Waals surface area (Å²) in [5.41, 5.74) is 2.01. The lowest BCUT2D eigenvalue weighted by molar-refractivity contribution is 0.265. The number of sulfone groups is 1. The predicted molar refractivity (Wildman–Crippen MR) is 104 cm³/mol. The van der Waals surface area contributed by atoms with Crippen molar-refractivity contribution in [3.05, 3.63) is 65.7 Å². The van der Waals surface area contributed by atoms with Gasteiger partial charge in [0.25, 0.3) is 0 Å². The van der Waals surface area contributed by atoms with Crippen LogP contribution in [-0.4, -0.2) is 45.9 Å². The van der Waals surface area contributed by atoms with E-state index >= 15 is 0 Å². The Hall–Kier alpha value is -2.38. The molecule has 0 spiro atoms. The van der Waals surface area contributed by atoms with Crippen molar-refractivity contribution >= 4 is 15.8 Å². The largest absolute Gasteiger partial charge is 0.396 e. The Morgan fingerprint density at radius 2 is 1.73 bits per heavy atom. The van der Waals surface area contributed by atoms with Crippen LogP contribution in [0.1, 0.15) is 17.0 Å². The van der Waals surface area contributed by atoms with Crippen molar-refractivity contribution < 1.29 is 13.5 Å². The summed E-state index contributed by atoms with van der Waals surface area (Å²) in [4.78, 5) is 4.48.